The molecular weight excluding hydrogens is 256 g/mol. The van der Waals surface area contributed by atoms with Gasteiger partial charge in [0.2, 0.25) is 0 Å². The molecule has 0 saturated carbocycles. The number of quaternary nitrogens is 1. The molecule has 0 saturated heterocycles. The second-order valence-corrected chi connectivity index (χ2v) is 4.88. The van der Waals surface area contributed by atoms with Gasteiger partial charge in [-0.1, -0.05) is 0 Å². The van der Waals surface area contributed by atoms with Gasteiger partial charge < -0.3 is 30.0 Å². The first-order chi connectivity index (χ1) is 8.47. The maximum absolute atomic E-state index is 10.7. The number of carbonyl (C=O) groups excluding carboxylic acids is 2. The van der Waals surface area contributed by atoms with Gasteiger partial charge >= 0.3 is 11.9 Å². The van der Waals surface area contributed by atoms with Crippen LogP contribution in [0.25, 0.3) is 0 Å². The molecule has 0 aromatic carbocycles. The normalized spacial score (nSPS) is 11.8. The van der Waals surface area contributed by atoms with Crippen molar-refractivity contribution in [3.63, 3.8) is 0 Å². The Morgan fingerprint density at radius 1 is 1.32 bits per heavy atom. The van der Waals surface area contributed by atoms with Crippen LogP contribution in [0.15, 0.2) is 0 Å². The molecule has 0 aliphatic rings. The van der Waals surface area contributed by atoms with Crippen molar-refractivity contribution in [3.8, 4) is 0 Å². The molecular formula is C11H22N2O6. The van der Waals surface area contributed by atoms with E-state index in [-0.39, 0.29) is 13.0 Å². The standard InChI is InChI=1S/C9H17NO4.C2H5NO2/c1-7(11)14-8(5-9(12)13)6-10(2,3)4;3-1-2(4)5/h8H,5-6H2,1-4H3;1,3H2,(H,4,5)/t8-;/m1./s1. The van der Waals surface area contributed by atoms with Gasteiger partial charge in [-0.15, -0.1) is 0 Å². The third-order valence-electron chi connectivity index (χ3n) is 1.65. The molecule has 0 fully saturated rings. The van der Waals surface area contributed by atoms with Crippen molar-refractivity contribution in [2.24, 2.45) is 5.73 Å². The van der Waals surface area contributed by atoms with Gasteiger partial charge in [-0.2, -0.15) is 0 Å². The zero-order chi connectivity index (χ0) is 15.6. The highest BCUT2D eigenvalue weighted by atomic mass is 16.5. The van der Waals surface area contributed by atoms with E-state index in [1.807, 2.05) is 21.1 Å². The van der Waals surface area contributed by atoms with Gasteiger partial charge in [0.25, 0.3) is 0 Å². The van der Waals surface area contributed by atoms with Crippen molar-refractivity contribution in [1.29, 1.82) is 0 Å². The fourth-order valence-corrected chi connectivity index (χ4v) is 1.17. The number of carbonyl (C=O) groups is 3. The molecule has 0 aliphatic heterocycles. The lowest BCUT2D eigenvalue weighted by Crippen LogP contribution is -2.45. The van der Waals surface area contributed by atoms with Crippen molar-refractivity contribution in [2.45, 2.75) is 19.4 Å². The van der Waals surface area contributed by atoms with Crippen LogP contribution in [0.3, 0.4) is 0 Å². The summed E-state index contributed by atoms with van der Waals surface area (Å²) < 4.78 is 5.39. The molecule has 8 heteroatoms. The highest BCUT2D eigenvalue weighted by Gasteiger charge is 2.20. The number of nitrogens with two attached hydrogens (primary N) is 1. The van der Waals surface area contributed by atoms with Crippen molar-refractivity contribution in [1.82, 2.24) is 0 Å². The van der Waals surface area contributed by atoms with Gasteiger partial charge in [0.15, 0.2) is 6.10 Å². The van der Waals surface area contributed by atoms with E-state index in [0.29, 0.717) is 11.0 Å². The number of hydrogen-bond donors (Lipinski definition) is 2. The van der Waals surface area contributed by atoms with Crippen LogP contribution in [-0.2, 0) is 19.1 Å². The maximum Gasteiger partial charge on any atom is 0.317 e. The van der Waals surface area contributed by atoms with Crippen LogP contribution in [0.5, 0.6) is 0 Å². The van der Waals surface area contributed by atoms with Crippen molar-refractivity contribution >= 4 is 17.9 Å². The van der Waals surface area contributed by atoms with E-state index in [1.165, 1.54) is 6.92 Å². The summed E-state index contributed by atoms with van der Waals surface area (Å²) in [5, 5.41) is 18.0. The Morgan fingerprint density at radius 2 is 1.74 bits per heavy atom. The average molecular weight is 278 g/mol. The predicted octanol–water partition coefficient (Wildman–Crippen LogP) is -2.21. The summed E-state index contributed by atoms with van der Waals surface area (Å²) in [6, 6.07) is 0. The molecule has 0 aromatic heterocycles. The zero-order valence-corrected chi connectivity index (χ0v) is 11.7. The Morgan fingerprint density at radius 3 is 1.95 bits per heavy atom. The number of ether oxygens (including phenoxy) is 1. The van der Waals surface area contributed by atoms with Crippen molar-refractivity contribution < 1.29 is 33.8 Å². The fraction of sp³-hybridized carbons (Fsp3) is 0.727. The van der Waals surface area contributed by atoms with Crippen LogP contribution in [0.2, 0.25) is 0 Å². The van der Waals surface area contributed by atoms with E-state index < -0.39 is 24.0 Å². The maximum atomic E-state index is 10.7. The average Bonchev–Trinajstić information content (AvgIpc) is 2.13. The largest absolute Gasteiger partial charge is 0.550 e. The summed E-state index contributed by atoms with van der Waals surface area (Å²) >= 11 is 0. The van der Waals surface area contributed by atoms with Gasteiger partial charge in [0, 0.05) is 19.3 Å². The molecule has 1 atom stereocenters. The highest BCUT2D eigenvalue weighted by Crippen LogP contribution is 2.04. The van der Waals surface area contributed by atoms with Crippen LogP contribution < -0.4 is 10.8 Å². The topological polar surface area (TPSA) is 130 Å². The highest BCUT2D eigenvalue weighted by molar-refractivity contribution is 5.68. The third kappa shape index (κ3) is 18.9. The Kier molecular flexibility index (Phi) is 9.61. The number of aliphatic carboxylic acids is 2. The van der Waals surface area contributed by atoms with Crippen molar-refractivity contribution in [3.05, 3.63) is 0 Å². The Balaban J connectivity index is 0. The van der Waals surface area contributed by atoms with E-state index in [9.17, 15) is 19.5 Å². The molecule has 0 spiro atoms. The second-order valence-electron chi connectivity index (χ2n) is 4.88. The van der Waals surface area contributed by atoms with Gasteiger partial charge in [-0.3, -0.25) is 9.59 Å². The molecule has 0 heterocycles. The molecule has 8 nitrogen and oxygen atoms in total. The summed E-state index contributed by atoms with van der Waals surface area (Å²) in [6.07, 6.45) is -0.868. The quantitative estimate of drug-likeness (QED) is 0.416. The van der Waals surface area contributed by atoms with Gasteiger partial charge in [-0.25, -0.2) is 0 Å². The first-order valence-corrected chi connectivity index (χ1v) is 5.57. The molecule has 3 N–H and O–H groups in total. The monoisotopic (exact) mass is 278 g/mol. The first kappa shape index (κ1) is 19.7. The van der Waals surface area contributed by atoms with E-state index in [2.05, 4.69) is 5.73 Å². The smallest absolute Gasteiger partial charge is 0.317 e. The lowest BCUT2D eigenvalue weighted by Gasteiger charge is -2.28. The molecule has 0 radical (unpaired) electrons. The summed E-state index contributed by atoms with van der Waals surface area (Å²) in [7, 11) is 5.68. The molecule has 0 aliphatic carbocycles. The Labute approximate surface area is 112 Å². The van der Waals surface area contributed by atoms with E-state index in [0.717, 1.165) is 0 Å². The zero-order valence-electron chi connectivity index (χ0n) is 11.7. The third-order valence-corrected chi connectivity index (χ3v) is 1.65. The summed E-state index contributed by atoms with van der Waals surface area (Å²) in [5.74, 6) is -2.64. The Bertz CT molecular complexity index is 295. The van der Waals surface area contributed by atoms with Crippen LogP contribution >= 0.6 is 0 Å². The number of likely N-dealkylation sites (N-methyl/N-ethyl adjacent to an activating group) is 1. The van der Waals surface area contributed by atoms with E-state index in [1.54, 1.807) is 0 Å². The van der Waals surface area contributed by atoms with Crippen LogP contribution in [0.1, 0.15) is 13.3 Å². The molecule has 19 heavy (non-hydrogen) atoms. The molecule has 0 rings (SSSR count). The molecule has 0 bridgehead atoms. The second kappa shape index (κ2) is 9.29. The number of hydrogen-bond acceptors (Lipinski definition) is 6. The minimum atomic E-state index is -1.20. The fourth-order valence-electron chi connectivity index (χ4n) is 1.17. The molecule has 0 unspecified atom stereocenters. The molecule has 0 amide bonds. The summed E-state index contributed by atoms with van der Waals surface area (Å²) in [5.41, 5.74) is 4.57. The lowest BCUT2D eigenvalue weighted by molar-refractivity contribution is -0.873. The van der Waals surface area contributed by atoms with Crippen molar-refractivity contribution in [2.75, 3.05) is 34.2 Å². The number of carboxylic acid groups (broad SMARTS) is 2. The predicted molar refractivity (Wildman–Crippen MR) is 64.8 cm³/mol. The van der Waals surface area contributed by atoms with E-state index in [4.69, 9.17) is 9.84 Å². The molecule has 0 aromatic rings. The SMILES string of the molecule is CC(=O)O[C@H](CC(=O)[O-])C[N+](C)(C)C.NCC(=O)O. The summed E-state index contributed by atoms with van der Waals surface area (Å²) in [4.78, 5) is 30.3. The number of rotatable bonds is 6. The van der Waals surface area contributed by atoms with Gasteiger partial charge in [0.05, 0.1) is 27.7 Å². The van der Waals surface area contributed by atoms with Gasteiger partial charge in [-0.05, 0) is 0 Å². The van der Waals surface area contributed by atoms with Crippen LogP contribution in [0.4, 0.5) is 0 Å². The van der Waals surface area contributed by atoms with Gasteiger partial charge in [0.1, 0.15) is 6.54 Å². The lowest BCUT2D eigenvalue weighted by atomic mass is 10.2. The number of carboxylic acids is 2. The van der Waals surface area contributed by atoms with Crippen LogP contribution in [0, 0.1) is 0 Å². The summed E-state index contributed by atoms with van der Waals surface area (Å²) in [6.45, 7) is 1.44. The Hall–Kier alpha value is -1.67. The number of nitrogens with zero attached hydrogens (tertiary/aromatic N) is 1. The van der Waals surface area contributed by atoms with E-state index >= 15 is 0 Å². The minimum absolute atomic E-state index is 0.255. The van der Waals surface area contributed by atoms with Crippen LogP contribution in [-0.4, -0.2) is 67.8 Å². The minimum Gasteiger partial charge on any atom is -0.550 e. The molecule has 112 valence electrons. The first-order valence-electron chi connectivity index (χ1n) is 5.57. The number of esters is 1.